The lowest BCUT2D eigenvalue weighted by molar-refractivity contribution is -0.137. The van der Waals surface area contributed by atoms with Gasteiger partial charge in [-0.15, -0.1) is 0 Å². The van der Waals surface area contributed by atoms with Gasteiger partial charge in [-0.05, 0) is 60.2 Å². The number of benzene rings is 1. The van der Waals surface area contributed by atoms with Gasteiger partial charge in [0.2, 0.25) is 0 Å². The molecule has 25 heavy (non-hydrogen) atoms. The van der Waals surface area contributed by atoms with Crippen molar-refractivity contribution < 1.29 is 19.4 Å². The lowest BCUT2D eigenvalue weighted by atomic mass is 9.74. The van der Waals surface area contributed by atoms with Crippen molar-refractivity contribution in [3.63, 3.8) is 0 Å². The topological polar surface area (TPSA) is 63.6 Å². The van der Waals surface area contributed by atoms with Gasteiger partial charge in [-0.1, -0.05) is 25.7 Å². The average Bonchev–Trinajstić information content (AvgIpc) is 2.53. The summed E-state index contributed by atoms with van der Waals surface area (Å²) in [7, 11) is 0. The van der Waals surface area contributed by atoms with Crippen LogP contribution in [0, 0.1) is 17.3 Å². The lowest BCUT2D eigenvalue weighted by Gasteiger charge is -2.32. The molecule has 0 saturated heterocycles. The van der Waals surface area contributed by atoms with E-state index >= 15 is 0 Å². The van der Waals surface area contributed by atoms with Crippen molar-refractivity contribution in [3.05, 3.63) is 58.9 Å². The molecule has 0 amide bonds. The van der Waals surface area contributed by atoms with Crippen LogP contribution in [0.1, 0.15) is 56.0 Å². The van der Waals surface area contributed by atoms with Crippen LogP contribution >= 0.6 is 0 Å². The van der Waals surface area contributed by atoms with Gasteiger partial charge in [-0.3, -0.25) is 4.79 Å². The summed E-state index contributed by atoms with van der Waals surface area (Å²) in [6, 6.07) is 6.42. The Morgan fingerprint density at radius 3 is 2.52 bits per heavy atom. The third-order valence-electron chi connectivity index (χ3n) is 4.18. The van der Waals surface area contributed by atoms with Crippen LogP contribution in [0.2, 0.25) is 0 Å². The Morgan fingerprint density at radius 2 is 1.92 bits per heavy atom. The van der Waals surface area contributed by atoms with Crippen molar-refractivity contribution in [1.82, 2.24) is 0 Å². The molecule has 0 unspecified atom stereocenters. The van der Waals surface area contributed by atoms with E-state index in [1.807, 2.05) is 6.08 Å². The summed E-state index contributed by atoms with van der Waals surface area (Å²) in [5.74, 6) is 5.40. The van der Waals surface area contributed by atoms with Crippen LogP contribution in [0.5, 0.6) is 0 Å². The molecule has 1 aromatic rings. The Labute approximate surface area is 148 Å². The molecule has 0 aromatic heterocycles. The Balaban J connectivity index is 2.20. The molecular weight excluding hydrogens is 316 g/mol. The molecule has 0 radical (unpaired) electrons. The summed E-state index contributed by atoms with van der Waals surface area (Å²) in [5, 5.41) is 8.88. The van der Waals surface area contributed by atoms with Crippen molar-refractivity contribution in [3.8, 4) is 11.8 Å². The van der Waals surface area contributed by atoms with Gasteiger partial charge >= 0.3 is 11.9 Å². The van der Waals surface area contributed by atoms with Crippen LogP contribution < -0.4 is 0 Å². The fourth-order valence-electron chi connectivity index (χ4n) is 2.88. The predicted octanol–water partition coefficient (Wildman–Crippen LogP) is 4.32. The molecule has 1 aromatic carbocycles. The summed E-state index contributed by atoms with van der Waals surface area (Å²) in [6.45, 7) is 5.68. The van der Waals surface area contributed by atoms with Crippen LogP contribution in [0.15, 0.2) is 47.7 Å². The molecular formula is C21H22O4. The smallest absolute Gasteiger partial charge is 0.335 e. The van der Waals surface area contributed by atoms with E-state index in [2.05, 4.69) is 25.7 Å². The molecule has 0 aliphatic heterocycles. The van der Waals surface area contributed by atoms with Gasteiger partial charge in [0.1, 0.15) is 5.76 Å². The molecule has 0 saturated carbocycles. The predicted molar refractivity (Wildman–Crippen MR) is 95.8 cm³/mol. The molecule has 4 heteroatoms. The van der Waals surface area contributed by atoms with Crippen LogP contribution in [-0.4, -0.2) is 17.0 Å². The second-order valence-corrected chi connectivity index (χ2v) is 6.65. The van der Waals surface area contributed by atoms with Gasteiger partial charge in [-0.25, -0.2) is 4.79 Å². The van der Waals surface area contributed by atoms with Crippen molar-refractivity contribution in [1.29, 1.82) is 0 Å². The quantitative estimate of drug-likeness (QED) is 0.658. The summed E-state index contributed by atoms with van der Waals surface area (Å²) in [4.78, 5) is 22.1. The van der Waals surface area contributed by atoms with E-state index in [-0.39, 0.29) is 16.9 Å². The van der Waals surface area contributed by atoms with Gasteiger partial charge in [0.05, 0.1) is 5.56 Å². The zero-order valence-electron chi connectivity index (χ0n) is 14.8. The number of rotatable bonds is 3. The number of carbonyl (C=O) groups is 2. The van der Waals surface area contributed by atoms with E-state index in [1.165, 1.54) is 19.1 Å². The highest BCUT2D eigenvalue weighted by Gasteiger charge is 2.29. The zero-order valence-corrected chi connectivity index (χ0v) is 14.8. The van der Waals surface area contributed by atoms with E-state index in [0.717, 1.165) is 36.2 Å². The number of aromatic carboxylic acids is 1. The number of carboxylic acids is 1. The minimum Gasteiger partial charge on any atom is -0.478 e. The molecule has 0 bridgehead atoms. The van der Waals surface area contributed by atoms with Gasteiger partial charge in [-0.2, -0.15) is 0 Å². The molecule has 0 fully saturated rings. The zero-order chi connectivity index (χ0) is 18.4. The summed E-state index contributed by atoms with van der Waals surface area (Å²) >= 11 is 0. The van der Waals surface area contributed by atoms with E-state index in [9.17, 15) is 9.59 Å². The van der Waals surface area contributed by atoms with Gasteiger partial charge in [0.25, 0.3) is 0 Å². The molecule has 1 N–H and O–H groups in total. The Hall–Kier alpha value is -2.80. The minimum atomic E-state index is -0.955. The Kier molecular flexibility index (Phi) is 5.82. The summed E-state index contributed by atoms with van der Waals surface area (Å²) in [6.07, 6.45) is 6.44. The maximum atomic E-state index is 11.3. The SMILES string of the molecule is CC(=O)OC1=C(/C=C/C#Cc2ccc(C(=O)O)cc2)C(C)(C)CCC1. The van der Waals surface area contributed by atoms with Gasteiger partial charge in [0, 0.05) is 18.9 Å². The molecule has 0 atom stereocenters. The summed E-state index contributed by atoms with van der Waals surface area (Å²) < 4.78 is 5.38. The Bertz CT molecular complexity index is 783. The third kappa shape index (κ3) is 5.09. The first kappa shape index (κ1) is 18.5. The number of hydrogen-bond donors (Lipinski definition) is 1. The Morgan fingerprint density at radius 1 is 1.24 bits per heavy atom. The maximum Gasteiger partial charge on any atom is 0.335 e. The van der Waals surface area contributed by atoms with Crippen LogP contribution in [0.4, 0.5) is 0 Å². The second-order valence-electron chi connectivity index (χ2n) is 6.65. The number of ether oxygens (including phenoxy) is 1. The largest absolute Gasteiger partial charge is 0.478 e. The molecule has 1 aliphatic rings. The van der Waals surface area contributed by atoms with Crippen LogP contribution in [0.3, 0.4) is 0 Å². The first-order valence-electron chi connectivity index (χ1n) is 8.23. The minimum absolute atomic E-state index is 0.0651. The number of allylic oxidation sites excluding steroid dienone is 4. The monoisotopic (exact) mass is 338 g/mol. The molecule has 130 valence electrons. The highest BCUT2D eigenvalue weighted by Crippen LogP contribution is 2.41. The molecule has 2 rings (SSSR count). The second kappa shape index (κ2) is 7.85. The highest BCUT2D eigenvalue weighted by molar-refractivity contribution is 5.87. The molecule has 0 spiro atoms. The van der Waals surface area contributed by atoms with E-state index < -0.39 is 5.97 Å². The van der Waals surface area contributed by atoms with Crippen molar-refractivity contribution in [2.45, 2.75) is 40.0 Å². The first-order chi connectivity index (χ1) is 11.8. The van der Waals surface area contributed by atoms with Gasteiger partial charge < -0.3 is 9.84 Å². The lowest BCUT2D eigenvalue weighted by Crippen LogP contribution is -2.21. The normalized spacial score (nSPS) is 16.3. The first-order valence-corrected chi connectivity index (χ1v) is 8.23. The van der Waals surface area contributed by atoms with Crippen LogP contribution in [0.25, 0.3) is 0 Å². The van der Waals surface area contributed by atoms with E-state index in [0.29, 0.717) is 0 Å². The third-order valence-corrected chi connectivity index (χ3v) is 4.18. The molecule has 1 aliphatic carbocycles. The molecule has 4 nitrogen and oxygen atoms in total. The number of hydrogen-bond acceptors (Lipinski definition) is 3. The van der Waals surface area contributed by atoms with Crippen molar-refractivity contribution in [2.24, 2.45) is 5.41 Å². The van der Waals surface area contributed by atoms with Crippen molar-refractivity contribution in [2.75, 3.05) is 0 Å². The van der Waals surface area contributed by atoms with E-state index in [1.54, 1.807) is 18.2 Å². The highest BCUT2D eigenvalue weighted by atomic mass is 16.5. The fourth-order valence-corrected chi connectivity index (χ4v) is 2.88. The van der Waals surface area contributed by atoms with Gasteiger partial charge in [0.15, 0.2) is 0 Å². The number of carboxylic acid groups (broad SMARTS) is 1. The average molecular weight is 338 g/mol. The number of carbonyl (C=O) groups excluding carboxylic acids is 1. The standard InChI is InChI=1S/C21H22O4/c1-15(22)25-19-9-6-14-21(2,3)18(19)8-5-4-7-16-10-12-17(13-11-16)20(23)24/h5,8,10-13H,6,9,14H2,1-3H3,(H,23,24)/b8-5+. The fraction of sp³-hybridized carbons (Fsp3) is 0.333. The number of esters is 1. The van der Waals surface area contributed by atoms with Crippen molar-refractivity contribution >= 4 is 11.9 Å². The maximum absolute atomic E-state index is 11.3. The summed E-state index contributed by atoms with van der Waals surface area (Å²) in [5.41, 5.74) is 1.92. The van der Waals surface area contributed by atoms with Crippen LogP contribution in [-0.2, 0) is 9.53 Å². The van der Waals surface area contributed by atoms with E-state index in [4.69, 9.17) is 9.84 Å². The molecule has 0 heterocycles.